The molecule has 1 atom stereocenters. The van der Waals surface area contributed by atoms with Crippen molar-refractivity contribution in [3.63, 3.8) is 0 Å². The highest BCUT2D eigenvalue weighted by atomic mass is 32.2. The van der Waals surface area contributed by atoms with Gasteiger partial charge in [-0.3, -0.25) is 10.1 Å². The van der Waals surface area contributed by atoms with Crippen molar-refractivity contribution in [2.24, 2.45) is 0 Å². The fourth-order valence-electron chi connectivity index (χ4n) is 3.31. The van der Waals surface area contributed by atoms with Crippen LogP contribution in [0.25, 0.3) is 0 Å². The van der Waals surface area contributed by atoms with Gasteiger partial charge in [-0.2, -0.15) is 0 Å². The van der Waals surface area contributed by atoms with E-state index in [0.29, 0.717) is 11.9 Å². The van der Waals surface area contributed by atoms with E-state index in [4.69, 9.17) is 9.51 Å². The third-order valence-electron chi connectivity index (χ3n) is 4.82. The van der Waals surface area contributed by atoms with Crippen molar-refractivity contribution in [1.82, 2.24) is 14.7 Å². The molecular formula is C18H26N4O2S. The van der Waals surface area contributed by atoms with Gasteiger partial charge in [-0.15, -0.1) is 0 Å². The molecule has 0 aliphatic heterocycles. The molecule has 1 N–H and O–H groups in total. The lowest BCUT2D eigenvalue weighted by Gasteiger charge is -2.26. The second-order valence-corrected chi connectivity index (χ2v) is 8.12. The molecular weight excluding hydrogens is 336 g/mol. The number of anilines is 1. The lowest BCUT2D eigenvalue weighted by Crippen LogP contribution is -2.23. The normalized spacial score (nSPS) is 16.8. The van der Waals surface area contributed by atoms with E-state index in [1.807, 2.05) is 20.8 Å². The van der Waals surface area contributed by atoms with Crippen molar-refractivity contribution in [1.29, 1.82) is 0 Å². The van der Waals surface area contributed by atoms with Crippen LogP contribution in [0.15, 0.2) is 15.7 Å². The molecule has 0 saturated heterocycles. The maximum absolute atomic E-state index is 12.4. The number of thioether (sulfide) groups is 1. The average Bonchev–Trinajstić information content (AvgIpc) is 3.11. The molecule has 1 amide bonds. The number of hydrogen-bond acceptors (Lipinski definition) is 5. The SMILES string of the molecule is Cc1cc(NC(=O)C(C)Sc2nc(C)c(C)n2C2CCCCC2)on1. The van der Waals surface area contributed by atoms with Crippen LogP contribution >= 0.6 is 11.8 Å². The summed E-state index contributed by atoms with van der Waals surface area (Å²) in [5.41, 5.74) is 3.01. The molecule has 6 nitrogen and oxygen atoms in total. The number of hydrogen-bond donors (Lipinski definition) is 1. The quantitative estimate of drug-likeness (QED) is 0.797. The van der Waals surface area contributed by atoms with E-state index in [9.17, 15) is 4.79 Å². The van der Waals surface area contributed by atoms with Crippen LogP contribution in [0.3, 0.4) is 0 Å². The van der Waals surface area contributed by atoms with Crippen molar-refractivity contribution in [3.8, 4) is 0 Å². The highest BCUT2D eigenvalue weighted by Gasteiger charge is 2.25. The number of carbonyl (C=O) groups excluding carboxylic acids is 1. The number of carbonyl (C=O) groups is 1. The third kappa shape index (κ3) is 4.08. The second kappa shape index (κ2) is 7.64. The Balaban J connectivity index is 1.73. The zero-order valence-electron chi connectivity index (χ0n) is 15.3. The maximum atomic E-state index is 12.4. The van der Waals surface area contributed by atoms with Gasteiger partial charge in [-0.05, 0) is 40.5 Å². The van der Waals surface area contributed by atoms with E-state index in [0.717, 1.165) is 16.5 Å². The predicted octanol–water partition coefficient (Wildman–Crippen LogP) is 4.42. The molecule has 0 spiro atoms. The van der Waals surface area contributed by atoms with Crippen LogP contribution in [0.1, 0.15) is 62.2 Å². The Morgan fingerprint density at radius 1 is 1.32 bits per heavy atom. The Morgan fingerprint density at radius 3 is 2.68 bits per heavy atom. The molecule has 2 heterocycles. The van der Waals surface area contributed by atoms with Gasteiger partial charge in [0.25, 0.3) is 0 Å². The lowest BCUT2D eigenvalue weighted by atomic mass is 9.95. The van der Waals surface area contributed by atoms with Crippen LogP contribution in [0.5, 0.6) is 0 Å². The Hall–Kier alpha value is -1.76. The molecule has 1 saturated carbocycles. The number of rotatable bonds is 5. The minimum atomic E-state index is -0.269. The molecule has 2 aromatic rings. The van der Waals surface area contributed by atoms with Crippen molar-refractivity contribution in [3.05, 3.63) is 23.1 Å². The van der Waals surface area contributed by atoms with Crippen molar-refractivity contribution < 1.29 is 9.32 Å². The van der Waals surface area contributed by atoms with E-state index in [2.05, 4.69) is 22.0 Å². The molecule has 0 radical (unpaired) electrons. The highest BCUT2D eigenvalue weighted by molar-refractivity contribution is 8.00. The summed E-state index contributed by atoms with van der Waals surface area (Å²) < 4.78 is 7.41. The molecule has 136 valence electrons. The van der Waals surface area contributed by atoms with Gasteiger partial charge >= 0.3 is 0 Å². The zero-order chi connectivity index (χ0) is 18.0. The van der Waals surface area contributed by atoms with E-state index >= 15 is 0 Å². The Kier molecular flexibility index (Phi) is 5.51. The molecule has 1 aliphatic carbocycles. The van der Waals surface area contributed by atoms with Crippen molar-refractivity contribution in [2.45, 2.75) is 76.2 Å². The summed E-state index contributed by atoms with van der Waals surface area (Å²) >= 11 is 1.51. The molecule has 25 heavy (non-hydrogen) atoms. The number of imidazole rings is 1. The smallest absolute Gasteiger partial charge is 0.240 e. The van der Waals surface area contributed by atoms with Crippen LogP contribution in [0.2, 0.25) is 0 Å². The summed E-state index contributed by atoms with van der Waals surface area (Å²) in [6.07, 6.45) is 6.25. The molecule has 1 unspecified atom stereocenters. The summed E-state index contributed by atoms with van der Waals surface area (Å²) in [7, 11) is 0. The summed E-state index contributed by atoms with van der Waals surface area (Å²) in [5, 5.41) is 7.24. The highest BCUT2D eigenvalue weighted by Crippen LogP contribution is 2.35. The first-order chi connectivity index (χ1) is 12.0. The van der Waals surface area contributed by atoms with Crippen LogP contribution < -0.4 is 5.32 Å². The monoisotopic (exact) mass is 362 g/mol. The first kappa shape index (κ1) is 18.0. The molecule has 0 aromatic carbocycles. The van der Waals surface area contributed by atoms with Gasteiger partial charge in [0, 0.05) is 17.8 Å². The zero-order valence-corrected chi connectivity index (χ0v) is 16.2. The summed E-state index contributed by atoms with van der Waals surface area (Å²) in [5.74, 6) is 0.285. The summed E-state index contributed by atoms with van der Waals surface area (Å²) in [4.78, 5) is 17.2. The molecule has 0 bridgehead atoms. The minimum absolute atomic E-state index is 0.102. The molecule has 3 rings (SSSR count). The largest absolute Gasteiger partial charge is 0.338 e. The number of nitrogens with one attached hydrogen (secondary N) is 1. The van der Waals surface area contributed by atoms with Gasteiger partial charge in [-0.25, -0.2) is 4.98 Å². The van der Waals surface area contributed by atoms with Gasteiger partial charge < -0.3 is 9.09 Å². The Bertz CT molecular complexity index is 746. The fraction of sp³-hybridized carbons (Fsp3) is 0.611. The van der Waals surface area contributed by atoms with Crippen LogP contribution in [0, 0.1) is 20.8 Å². The van der Waals surface area contributed by atoms with Crippen LogP contribution in [-0.2, 0) is 4.79 Å². The first-order valence-corrected chi connectivity index (χ1v) is 9.80. The van der Waals surface area contributed by atoms with Gasteiger partial charge in [0.1, 0.15) is 0 Å². The van der Waals surface area contributed by atoms with Gasteiger partial charge in [0.05, 0.1) is 16.6 Å². The van der Waals surface area contributed by atoms with Crippen LogP contribution in [-0.4, -0.2) is 25.9 Å². The maximum Gasteiger partial charge on any atom is 0.240 e. The third-order valence-corrected chi connectivity index (χ3v) is 5.89. The number of nitrogens with zero attached hydrogens (tertiary/aromatic N) is 3. The minimum Gasteiger partial charge on any atom is -0.338 e. The fourth-order valence-corrected chi connectivity index (χ4v) is 4.38. The lowest BCUT2D eigenvalue weighted by molar-refractivity contribution is -0.115. The van der Waals surface area contributed by atoms with Crippen LogP contribution in [0.4, 0.5) is 5.88 Å². The molecule has 1 fully saturated rings. The topological polar surface area (TPSA) is 73.0 Å². The van der Waals surface area contributed by atoms with E-state index in [1.54, 1.807) is 6.07 Å². The van der Waals surface area contributed by atoms with Gasteiger partial charge in [0.15, 0.2) is 5.16 Å². The summed E-state index contributed by atoms with van der Waals surface area (Å²) in [6.45, 7) is 7.89. The molecule has 7 heteroatoms. The van der Waals surface area contributed by atoms with E-state index in [1.165, 1.54) is 49.6 Å². The molecule has 1 aliphatic rings. The number of aromatic nitrogens is 3. The Labute approximate surface area is 152 Å². The Morgan fingerprint density at radius 2 is 2.04 bits per heavy atom. The van der Waals surface area contributed by atoms with Gasteiger partial charge in [0.2, 0.25) is 11.8 Å². The number of aryl methyl sites for hydroxylation is 2. The van der Waals surface area contributed by atoms with E-state index in [-0.39, 0.29) is 11.2 Å². The second-order valence-electron chi connectivity index (χ2n) is 6.81. The van der Waals surface area contributed by atoms with E-state index < -0.39 is 0 Å². The number of amides is 1. The first-order valence-electron chi connectivity index (χ1n) is 8.92. The van der Waals surface area contributed by atoms with Crippen molar-refractivity contribution in [2.75, 3.05) is 5.32 Å². The predicted molar refractivity (Wildman–Crippen MR) is 99.0 cm³/mol. The standard InChI is InChI=1S/C18H26N4O2S/c1-11-10-16(24-21-11)20-17(23)14(4)25-18-19-12(2)13(3)22(18)15-8-6-5-7-9-15/h10,14-15H,5-9H2,1-4H3,(H,20,23). The summed E-state index contributed by atoms with van der Waals surface area (Å²) in [6, 6.07) is 2.22. The van der Waals surface area contributed by atoms with Crippen molar-refractivity contribution >= 4 is 23.6 Å². The average molecular weight is 362 g/mol. The van der Waals surface area contributed by atoms with Gasteiger partial charge in [-0.1, -0.05) is 36.2 Å². The molecule has 2 aromatic heterocycles.